The summed E-state index contributed by atoms with van der Waals surface area (Å²) in [6.07, 6.45) is -2.80. The summed E-state index contributed by atoms with van der Waals surface area (Å²) < 4.78 is 47.3. The van der Waals surface area contributed by atoms with Crippen LogP contribution in [0.2, 0.25) is 0 Å². The molecule has 38 heavy (non-hydrogen) atoms. The van der Waals surface area contributed by atoms with Gasteiger partial charge in [-0.3, -0.25) is 10.0 Å². The molecule has 0 saturated heterocycles. The van der Waals surface area contributed by atoms with E-state index in [-0.39, 0.29) is 12.4 Å². The standard InChI is InChI=1S/C29H25F3N2O4/c30-29(31,32)38-25-14-10-21(11-15-25)17-33-18-22(16-20-8-12-24(13-9-20)28(35)34-36)19-37-27-7-3-5-23-4-1-2-6-26(23)27/h1-16,33,36H,17-19H2,(H,34,35). The number of benzene rings is 4. The molecule has 0 spiro atoms. The Hall–Kier alpha value is -4.34. The molecule has 0 aliphatic carbocycles. The van der Waals surface area contributed by atoms with Gasteiger partial charge in [0.15, 0.2) is 0 Å². The minimum atomic E-state index is -4.73. The molecule has 0 heterocycles. The average molecular weight is 523 g/mol. The van der Waals surface area contributed by atoms with Crippen molar-refractivity contribution in [3.05, 3.63) is 113 Å². The van der Waals surface area contributed by atoms with Gasteiger partial charge >= 0.3 is 6.36 Å². The van der Waals surface area contributed by atoms with Gasteiger partial charge in [-0.25, -0.2) is 5.48 Å². The Morgan fingerprint density at radius 1 is 0.895 bits per heavy atom. The van der Waals surface area contributed by atoms with Gasteiger partial charge in [0, 0.05) is 24.0 Å². The number of amides is 1. The molecule has 6 nitrogen and oxygen atoms in total. The zero-order valence-electron chi connectivity index (χ0n) is 20.2. The molecule has 196 valence electrons. The molecule has 0 radical (unpaired) electrons. The number of halogens is 3. The Morgan fingerprint density at radius 3 is 2.32 bits per heavy atom. The van der Waals surface area contributed by atoms with Gasteiger partial charge in [-0.15, -0.1) is 13.2 Å². The van der Waals surface area contributed by atoms with Gasteiger partial charge in [0.2, 0.25) is 0 Å². The van der Waals surface area contributed by atoms with Crippen molar-refractivity contribution in [1.82, 2.24) is 10.8 Å². The molecule has 0 saturated carbocycles. The van der Waals surface area contributed by atoms with Crippen LogP contribution in [0, 0.1) is 0 Å². The van der Waals surface area contributed by atoms with Crippen molar-refractivity contribution in [2.75, 3.05) is 13.2 Å². The maximum Gasteiger partial charge on any atom is 0.573 e. The minimum Gasteiger partial charge on any atom is -0.489 e. The highest BCUT2D eigenvalue weighted by atomic mass is 19.4. The molecule has 4 aromatic carbocycles. The largest absolute Gasteiger partial charge is 0.573 e. The van der Waals surface area contributed by atoms with E-state index in [0.29, 0.717) is 18.7 Å². The Bertz CT molecular complexity index is 1400. The van der Waals surface area contributed by atoms with Crippen LogP contribution >= 0.6 is 0 Å². The number of alkyl halides is 3. The van der Waals surface area contributed by atoms with Gasteiger partial charge in [0.25, 0.3) is 5.91 Å². The van der Waals surface area contributed by atoms with Gasteiger partial charge in [0.05, 0.1) is 0 Å². The molecule has 0 atom stereocenters. The van der Waals surface area contributed by atoms with Gasteiger partial charge in [0.1, 0.15) is 18.1 Å². The van der Waals surface area contributed by atoms with Gasteiger partial charge in [-0.05, 0) is 52.4 Å². The molecular formula is C29H25F3N2O4. The van der Waals surface area contributed by atoms with Crippen molar-refractivity contribution in [2.45, 2.75) is 12.9 Å². The highest BCUT2D eigenvalue weighted by Crippen LogP contribution is 2.26. The van der Waals surface area contributed by atoms with Gasteiger partial charge < -0.3 is 14.8 Å². The number of fused-ring (bicyclic) bond motifs is 1. The molecule has 0 bridgehead atoms. The van der Waals surface area contributed by atoms with Crippen LogP contribution in [-0.2, 0) is 6.54 Å². The second-order valence-corrected chi connectivity index (χ2v) is 8.43. The molecule has 0 aliphatic rings. The lowest BCUT2D eigenvalue weighted by molar-refractivity contribution is -0.274. The number of carbonyl (C=O) groups excluding carboxylic acids is 1. The van der Waals surface area contributed by atoms with Crippen LogP contribution in [0.25, 0.3) is 16.8 Å². The molecule has 0 aromatic heterocycles. The zero-order valence-corrected chi connectivity index (χ0v) is 20.2. The number of hydroxylamine groups is 1. The second kappa shape index (κ2) is 12.3. The highest BCUT2D eigenvalue weighted by molar-refractivity contribution is 5.93. The quantitative estimate of drug-likeness (QED) is 0.173. The molecule has 9 heteroatoms. The highest BCUT2D eigenvalue weighted by Gasteiger charge is 2.30. The number of carbonyl (C=O) groups is 1. The number of rotatable bonds is 10. The van der Waals surface area contributed by atoms with E-state index in [1.807, 2.05) is 48.5 Å². The minimum absolute atomic E-state index is 0.274. The summed E-state index contributed by atoms with van der Waals surface area (Å²) in [5.74, 6) is -0.138. The first kappa shape index (κ1) is 26.7. The fourth-order valence-corrected chi connectivity index (χ4v) is 3.84. The maximum absolute atomic E-state index is 12.4. The molecule has 0 aliphatic heterocycles. The average Bonchev–Trinajstić information content (AvgIpc) is 2.91. The summed E-state index contributed by atoms with van der Waals surface area (Å²) in [5, 5.41) is 14.2. The number of hydrogen-bond acceptors (Lipinski definition) is 5. The van der Waals surface area contributed by atoms with Crippen molar-refractivity contribution in [2.24, 2.45) is 0 Å². The van der Waals surface area contributed by atoms with Crippen LogP contribution in [-0.4, -0.2) is 30.6 Å². The summed E-state index contributed by atoms with van der Waals surface area (Å²) in [4.78, 5) is 11.6. The third-order valence-corrected chi connectivity index (χ3v) is 5.65. The smallest absolute Gasteiger partial charge is 0.489 e. The van der Waals surface area contributed by atoms with Crippen LogP contribution < -0.4 is 20.3 Å². The third kappa shape index (κ3) is 7.58. The summed E-state index contributed by atoms with van der Waals surface area (Å²) >= 11 is 0. The van der Waals surface area contributed by atoms with Crippen LogP contribution in [0.3, 0.4) is 0 Å². The van der Waals surface area contributed by atoms with E-state index in [0.717, 1.165) is 33.2 Å². The van der Waals surface area contributed by atoms with Crippen LogP contribution in [0.4, 0.5) is 13.2 Å². The summed E-state index contributed by atoms with van der Waals surface area (Å²) in [6.45, 7) is 1.12. The second-order valence-electron chi connectivity index (χ2n) is 8.43. The predicted octanol–water partition coefficient (Wildman–Crippen LogP) is 6.11. The molecule has 0 fully saturated rings. The first-order valence-electron chi connectivity index (χ1n) is 11.7. The van der Waals surface area contributed by atoms with Crippen molar-refractivity contribution in [3.63, 3.8) is 0 Å². The van der Waals surface area contributed by atoms with E-state index in [1.54, 1.807) is 41.9 Å². The Labute approximate surface area is 217 Å². The van der Waals surface area contributed by atoms with E-state index >= 15 is 0 Å². The van der Waals surface area contributed by atoms with Crippen molar-refractivity contribution in [1.29, 1.82) is 0 Å². The molecular weight excluding hydrogens is 497 g/mol. The van der Waals surface area contributed by atoms with Crippen LogP contribution in [0.1, 0.15) is 21.5 Å². The van der Waals surface area contributed by atoms with E-state index in [1.165, 1.54) is 12.1 Å². The number of nitrogens with one attached hydrogen (secondary N) is 2. The lowest BCUT2D eigenvalue weighted by Gasteiger charge is -2.14. The topological polar surface area (TPSA) is 79.8 Å². The van der Waals surface area contributed by atoms with E-state index < -0.39 is 12.3 Å². The molecule has 0 unspecified atom stereocenters. The summed E-state index contributed by atoms with van der Waals surface area (Å²) in [6, 6.07) is 26.1. The van der Waals surface area contributed by atoms with E-state index in [2.05, 4.69) is 10.1 Å². The molecule has 1 amide bonds. The first-order chi connectivity index (χ1) is 18.3. The van der Waals surface area contributed by atoms with Crippen LogP contribution in [0.5, 0.6) is 11.5 Å². The van der Waals surface area contributed by atoms with E-state index in [4.69, 9.17) is 9.94 Å². The maximum atomic E-state index is 12.4. The molecule has 3 N–H and O–H groups in total. The van der Waals surface area contributed by atoms with Gasteiger partial charge in [-0.1, -0.05) is 66.7 Å². The van der Waals surface area contributed by atoms with Gasteiger partial charge in [-0.2, -0.15) is 0 Å². The molecule has 4 rings (SSSR count). The fourth-order valence-electron chi connectivity index (χ4n) is 3.84. The first-order valence-corrected chi connectivity index (χ1v) is 11.7. The predicted molar refractivity (Wildman–Crippen MR) is 138 cm³/mol. The van der Waals surface area contributed by atoms with E-state index in [9.17, 15) is 18.0 Å². The fraction of sp³-hybridized carbons (Fsp3) is 0.138. The normalized spacial score (nSPS) is 11.8. The Kier molecular flexibility index (Phi) is 8.62. The lowest BCUT2D eigenvalue weighted by Crippen LogP contribution is -2.20. The van der Waals surface area contributed by atoms with Crippen molar-refractivity contribution in [3.8, 4) is 11.5 Å². The Morgan fingerprint density at radius 2 is 1.61 bits per heavy atom. The summed E-state index contributed by atoms with van der Waals surface area (Å²) in [5.41, 5.74) is 4.43. The van der Waals surface area contributed by atoms with Crippen molar-refractivity contribution < 1.29 is 32.6 Å². The van der Waals surface area contributed by atoms with Crippen molar-refractivity contribution >= 4 is 22.8 Å². The summed E-state index contributed by atoms with van der Waals surface area (Å²) in [7, 11) is 0. The zero-order chi connectivity index (χ0) is 27.0. The Balaban J connectivity index is 1.46. The van der Waals surface area contributed by atoms with Crippen LogP contribution in [0.15, 0.2) is 96.6 Å². The number of ether oxygens (including phenoxy) is 2. The third-order valence-electron chi connectivity index (χ3n) is 5.65. The monoisotopic (exact) mass is 522 g/mol. The molecule has 4 aromatic rings. The SMILES string of the molecule is O=C(NO)c1ccc(C=C(CNCc2ccc(OC(F)(F)F)cc2)COc2cccc3ccccc23)cc1. The number of hydrogen-bond donors (Lipinski definition) is 3. The lowest BCUT2D eigenvalue weighted by atomic mass is 10.1.